The predicted octanol–water partition coefficient (Wildman–Crippen LogP) is 3.51. The number of carbonyl (C=O) groups excluding carboxylic acids is 1. The van der Waals surface area contributed by atoms with Gasteiger partial charge in [-0.3, -0.25) is 4.79 Å². The van der Waals surface area contributed by atoms with E-state index in [1.807, 2.05) is 13.0 Å². The second-order valence-corrected chi connectivity index (χ2v) is 5.57. The normalized spacial score (nSPS) is 33.1. The van der Waals surface area contributed by atoms with Crippen molar-refractivity contribution in [1.29, 1.82) is 0 Å². The smallest absolute Gasteiger partial charge is 0.181 e. The Hall–Kier alpha value is -0.850. The highest BCUT2D eigenvalue weighted by Crippen LogP contribution is 2.65. The summed E-state index contributed by atoms with van der Waals surface area (Å²) in [6, 6.07) is 0. The van der Waals surface area contributed by atoms with Crippen LogP contribution >= 0.6 is 0 Å². The van der Waals surface area contributed by atoms with E-state index in [2.05, 4.69) is 20.8 Å². The van der Waals surface area contributed by atoms with Gasteiger partial charge in [0.05, 0.1) is 0 Å². The molecule has 0 spiro atoms. The minimum absolute atomic E-state index is 0.233. The van der Waals surface area contributed by atoms with Gasteiger partial charge in [-0.25, -0.2) is 0 Å². The summed E-state index contributed by atoms with van der Waals surface area (Å²) in [6.07, 6.45) is 5.68. The lowest BCUT2D eigenvalue weighted by Gasteiger charge is -2.14. The number of fused-ring (bicyclic) bond motifs is 1. The van der Waals surface area contributed by atoms with E-state index in [-0.39, 0.29) is 5.78 Å². The zero-order valence-electron chi connectivity index (χ0n) is 10.1. The van der Waals surface area contributed by atoms with Crippen LogP contribution in [-0.2, 0) is 4.79 Å². The summed E-state index contributed by atoms with van der Waals surface area (Å²) in [6.45, 7) is 8.69. The van der Waals surface area contributed by atoms with Gasteiger partial charge in [0.15, 0.2) is 5.78 Å². The van der Waals surface area contributed by atoms with Gasteiger partial charge in [-0.2, -0.15) is 0 Å². The van der Waals surface area contributed by atoms with E-state index < -0.39 is 0 Å². The average molecular weight is 204 g/mol. The Morgan fingerprint density at radius 3 is 2.53 bits per heavy atom. The van der Waals surface area contributed by atoms with Crippen LogP contribution in [-0.4, -0.2) is 5.78 Å². The molecule has 0 aromatic heterocycles. The first kappa shape index (κ1) is 10.7. The van der Waals surface area contributed by atoms with Crippen LogP contribution in [0.5, 0.6) is 0 Å². The number of carbonyl (C=O) groups is 1. The van der Waals surface area contributed by atoms with Crippen molar-refractivity contribution in [2.75, 3.05) is 0 Å². The molecule has 0 heterocycles. The van der Waals surface area contributed by atoms with Crippen molar-refractivity contribution < 1.29 is 4.79 Å². The summed E-state index contributed by atoms with van der Waals surface area (Å²) in [5.41, 5.74) is 2.88. The molecular formula is C14H20O. The highest BCUT2D eigenvalue weighted by molar-refractivity contribution is 6.04. The number of ketones is 1. The number of rotatable bonds is 2. The van der Waals surface area contributed by atoms with Crippen LogP contribution < -0.4 is 0 Å². The minimum Gasteiger partial charge on any atom is -0.290 e. The zero-order chi connectivity index (χ0) is 11.2. The lowest BCUT2D eigenvalue weighted by Crippen LogP contribution is -2.08. The molecule has 0 bridgehead atoms. The zero-order valence-corrected chi connectivity index (χ0v) is 10.1. The maximum Gasteiger partial charge on any atom is 0.181 e. The quantitative estimate of drug-likeness (QED) is 0.629. The lowest BCUT2D eigenvalue weighted by molar-refractivity contribution is -0.111. The fourth-order valence-electron chi connectivity index (χ4n) is 3.08. The molecule has 1 fully saturated rings. The standard InChI is InChI=1S/C14H20O/c1-5-6-13(15)10-8-12-11(7-9(10)2)14(12,3)4/h5-6,11-12H,7-8H2,1-4H3. The van der Waals surface area contributed by atoms with Crippen LogP contribution in [0.4, 0.5) is 0 Å². The molecule has 0 amide bonds. The van der Waals surface area contributed by atoms with E-state index in [1.54, 1.807) is 6.08 Å². The van der Waals surface area contributed by atoms with Crippen LogP contribution in [0.1, 0.15) is 40.5 Å². The van der Waals surface area contributed by atoms with Crippen molar-refractivity contribution in [3.8, 4) is 0 Å². The predicted molar refractivity (Wildman–Crippen MR) is 62.5 cm³/mol. The van der Waals surface area contributed by atoms with E-state index in [0.29, 0.717) is 5.41 Å². The Labute approximate surface area is 92.3 Å². The lowest BCUT2D eigenvalue weighted by atomic mass is 9.90. The van der Waals surface area contributed by atoms with Gasteiger partial charge in [0.2, 0.25) is 0 Å². The monoisotopic (exact) mass is 204 g/mol. The average Bonchev–Trinajstić information content (AvgIpc) is 2.67. The first-order chi connectivity index (χ1) is 6.98. The van der Waals surface area contributed by atoms with Crippen molar-refractivity contribution in [3.05, 3.63) is 23.3 Å². The van der Waals surface area contributed by atoms with Gasteiger partial charge in [0.25, 0.3) is 0 Å². The summed E-state index contributed by atoms with van der Waals surface area (Å²) in [4.78, 5) is 11.8. The first-order valence-electron chi connectivity index (χ1n) is 5.84. The van der Waals surface area contributed by atoms with Gasteiger partial charge in [0.1, 0.15) is 0 Å². The molecular weight excluding hydrogens is 184 g/mol. The summed E-state index contributed by atoms with van der Waals surface area (Å²) < 4.78 is 0. The molecule has 0 aliphatic heterocycles. The maximum absolute atomic E-state index is 11.8. The molecule has 2 unspecified atom stereocenters. The molecule has 2 aliphatic carbocycles. The highest BCUT2D eigenvalue weighted by Gasteiger charge is 2.58. The highest BCUT2D eigenvalue weighted by atomic mass is 16.1. The van der Waals surface area contributed by atoms with Crippen LogP contribution in [0.15, 0.2) is 23.3 Å². The van der Waals surface area contributed by atoms with Gasteiger partial charge in [-0.15, -0.1) is 0 Å². The third-order valence-electron chi connectivity index (χ3n) is 4.37. The van der Waals surface area contributed by atoms with Crippen LogP contribution in [0, 0.1) is 17.3 Å². The van der Waals surface area contributed by atoms with Crippen molar-refractivity contribution >= 4 is 5.78 Å². The number of allylic oxidation sites excluding steroid dienone is 4. The molecule has 1 heteroatoms. The van der Waals surface area contributed by atoms with E-state index in [9.17, 15) is 4.79 Å². The Morgan fingerprint density at radius 2 is 1.93 bits per heavy atom. The molecule has 1 saturated carbocycles. The Bertz CT molecular complexity index is 358. The van der Waals surface area contributed by atoms with Crippen LogP contribution in [0.25, 0.3) is 0 Å². The van der Waals surface area contributed by atoms with Crippen molar-refractivity contribution in [2.45, 2.75) is 40.5 Å². The molecule has 2 rings (SSSR count). The number of hydrogen-bond donors (Lipinski definition) is 0. The van der Waals surface area contributed by atoms with Gasteiger partial charge in [-0.05, 0) is 55.6 Å². The fourth-order valence-corrected chi connectivity index (χ4v) is 3.08. The van der Waals surface area contributed by atoms with E-state index in [1.165, 1.54) is 5.57 Å². The van der Waals surface area contributed by atoms with E-state index in [0.717, 1.165) is 30.3 Å². The Kier molecular flexibility index (Phi) is 2.37. The summed E-state index contributed by atoms with van der Waals surface area (Å²) in [5, 5.41) is 0. The second kappa shape index (κ2) is 3.33. The molecule has 2 aliphatic rings. The molecule has 0 radical (unpaired) electrons. The summed E-state index contributed by atoms with van der Waals surface area (Å²) in [7, 11) is 0. The van der Waals surface area contributed by atoms with Gasteiger partial charge in [-0.1, -0.05) is 25.5 Å². The Morgan fingerprint density at radius 1 is 1.33 bits per heavy atom. The third kappa shape index (κ3) is 1.58. The molecule has 0 aromatic rings. The number of hydrogen-bond acceptors (Lipinski definition) is 1. The van der Waals surface area contributed by atoms with Crippen LogP contribution in [0.3, 0.4) is 0 Å². The summed E-state index contributed by atoms with van der Waals surface area (Å²) >= 11 is 0. The molecule has 82 valence electrons. The van der Waals surface area contributed by atoms with Gasteiger partial charge < -0.3 is 0 Å². The van der Waals surface area contributed by atoms with Crippen molar-refractivity contribution in [3.63, 3.8) is 0 Å². The Balaban J connectivity index is 2.18. The third-order valence-corrected chi connectivity index (χ3v) is 4.37. The summed E-state index contributed by atoms with van der Waals surface area (Å²) in [5.74, 6) is 1.82. The van der Waals surface area contributed by atoms with Crippen molar-refractivity contribution in [1.82, 2.24) is 0 Å². The fraction of sp³-hybridized carbons (Fsp3) is 0.643. The SMILES string of the molecule is CC=CC(=O)C1=C(C)CC2C(C1)C2(C)C. The topological polar surface area (TPSA) is 17.1 Å². The van der Waals surface area contributed by atoms with Crippen LogP contribution in [0.2, 0.25) is 0 Å². The van der Waals surface area contributed by atoms with E-state index in [4.69, 9.17) is 0 Å². The molecule has 15 heavy (non-hydrogen) atoms. The van der Waals surface area contributed by atoms with Crippen molar-refractivity contribution in [2.24, 2.45) is 17.3 Å². The molecule has 0 saturated heterocycles. The maximum atomic E-state index is 11.8. The molecule has 0 N–H and O–H groups in total. The second-order valence-electron chi connectivity index (χ2n) is 5.57. The molecule has 2 atom stereocenters. The largest absolute Gasteiger partial charge is 0.290 e. The van der Waals surface area contributed by atoms with E-state index >= 15 is 0 Å². The van der Waals surface area contributed by atoms with Gasteiger partial charge in [0, 0.05) is 0 Å². The minimum atomic E-state index is 0.233. The molecule has 0 aromatic carbocycles. The molecule has 1 nitrogen and oxygen atoms in total. The first-order valence-corrected chi connectivity index (χ1v) is 5.84. The van der Waals surface area contributed by atoms with Gasteiger partial charge >= 0.3 is 0 Å².